The lowest BCUT2D eigenvalue weighted by Gasteiger charge is -2.26. The summed E-state index contributed by atoms with van der Waals surface area (Å²) in [4.78, 5) is 11.7. The maximum Gasteiger partial charge on any atom is 0.231 e. The summed E-state index contributed by atoms with van der Waals surface area (Å²) in [5, 5.41) is 5.45. The number of nitrogens with zero attached hydrogens (tertiary/aromatic N) is 3. The highest BCUT2D eigenvalue weighted by Gasteiger charge is 2.17. The highest BCUT2D eigenvalue weighted by Crippen LogP contribution is 2.39. The molecule has 2 aliphatic heterocycles. The fourth-order valence-electron chi connectivity index (χ4n) is 4.00. The van der Waals surface area contributed by atoms with Crippen LogP contribution in [0.5, 0.6) is 11.5 Å². The Kier molecular flexibility index (Phi) is 5.10. The SMILES string of the molecule is c1cc(Nc2ncc3scc(-c4ccc5c(c4)OCO5)c3n2)ccc1CN1CCOCC1. The van der Waals surface area contributed by atoms with Crippen LogP contribution in [0.4, 0.5) is 11.6 Å². The number of hydrogen-bond acceptors (Lipinski definition) is 8. The first-order chi connectivity index (χ1) is 15.8. The van der Waals surface area contributed by atoms with Gasteiger partial charge < -0.3 is 19.5 Å². The summed E-state index contributed by atoms with van der Waals surface area (Å²) >= 11 is 1.64. The summed E-state index contributed by atoms with van der Waals surface area (Å²) in [6, 6.07) is 14.5. The summed E-state index contributed by atoms with van der Waals surface area (Å²) in [5.74, 6) is 2.13. The molecule has 162 valence electrons. The zero-order valence-corrected chi connectivity index (χ0v) is 18.2. The van der Waals surface area contributed by atoms with Crippen molar-refractivity contribution in [1.82, 2.24) is 14.9 Å². The quantitative estimate of drug-likeness (QED) is 0.478. The molecule has 0 aliphatic carbocycles. The molecule has 7 nitrogen and oxygen atoms in total. The monoisotopic (exact) mass is 446 g/mol. The number of hydrogen-bond donors (Lipinski definition) is 1. The van der Waals surface area contributed by atoms with Crippen LogP contribution in [0.2, 0.25) is 0 Å². The number of fused-ring (bicyclic) bond motifs is 2. The zero-order valence-electron chi connectivity index (χ0n) is 17.4. The van der Waals surface area contributed by atoms with Gasteiger partial charge in [-0.25, -0.2) is 9.97 Å². The lowest BCUT2D eigenvalue weighted by Crippen LogP contribution is -2.35. The van der Waals surface area contributed by atoms with E-state index in [-0.39, 0.29) is 6.79 Å². The molecule has 0 bridgehead atoms. The van der Waals surface area contributed by atoms with Crippen LogP contribution in [-0.4, -0.2) is 48.0 Å². The molecule has 8 heteroatoms. The van der Waals surface area contributed by atoms with Crippen LogP contribution in [0.15, 0.2) is 54.0 Å². The number of ether oxygens (including phenoxy) is 3. The number of benzene rings is 2. The van der Waals surface area contributed by atoms with Crippen molar-refractivity contribution in [2.24, 2.45) is 0 Å². The molecule has 4 aromatic rings. The molecule has 0 spiro atoms. The van der Waals surface area contributed by atoms with Crippen LogP contribution in [0, 0.1) is 0 Å². The van der Waals surface area contributed by atoms with Gasteiger partial charge in [0.05, 0.1) is 29.6 Å². The van der Waals surface area contributed by atoms with Gasteiger partial charge in [-0.15, -0.1) is 11.3 Å². The minimum Gasteiger partial charge on any atom is -0.454 e. The Bertz CT molecular complexity index is 1250. The average Bonchev–Trinajstić information content (AvgIpc) is 3.47. The van der Waals surface area contributed by atoms with E-state index in [1.165, 1.54) is 5.56 Å². The smallest absolute Gasteiger partial charge is 0.231 e. The molecule has 0 unspecified atom stereocenters. The Balaban J connectivity index is 1.22. The summed E-state index contributed by atoms with van der Waals surface area (Å²) in [6.07, 6.45) is 1.87. The topological polar surface area (TPSA) is 68.7 Å². The van der Waals surface area contributed by atoms with Crippen LogP contribution < -0.4 is 14.8 Å². The molecule has 2 aromatic carbocycles. The van der Waals surface area contributed by atoms with Gasteiger partial charge in [-0.3, -0.25) is 4.90 Å². The fraction of sp³-hybridized carbons (Fsp3) is 0.250. The molecule has 32 heavy (non-hydrogen) atoms. The highest BCUT2D eigenvalue weighted by atomic mass is 32.1. The first kappa shape index (κ1) is 19.5. The largest absolute Gasteiger partial charge is 0.454 e. The van der Waals surface area contributed by atoms with E-state index in [4.69, 9.17) is 19.2 Å². The van der Waals surface area contributed by atoms with Crippen molar-refractivity contribution in [3.8, 4) is 22.6 Å². The van der Waals surface area contributed by atoms with Crippen molar-refractivity contribution in [2.75, 3.05) is 38.4 Å². The highest BCUT2D eigenvalue weighted by molar-refractivity contribution is 7.17. The molecule has 2 aliphatic rings. The molecule has 0 amide bonds. The van der Waals surface area contributed by atoms with Gasteiger partial charge in [0, 0.05) is 36.3 Å². The molecular weight excluding hydrogens is 424 g/mol. The molecular formula is C24H22N4O3S. The molecule has 1 N–H and O–H groups in total. The van der Waals surface area contributed by atoms with Crippen LogP contribution in [-0.2, 0) is 11.3 Å². The normalized spacial score (nSPS) is 15.9. The fourth-order valence-corrected chi connectivity index (χ4v) is 4.87. The third kappa shape index (κ3) is 3.88. The van der Waals surface area contributed by atoms with Crippen molar-refractivity contribution in [2.45, 2.75) is 6.54 Å². The summed E-state index contributed by atoms with van der Waals surface area (Å²) in [6.45, 7) is 4.82. The molecule has 0 saturated carbocycles. The van der Waals surface area contributed by atoms with Crippen molar-refractivity contribution < 1.29 is 14.2 Å². The van der Waals surface area contributed by atoms with Gasteiger partial charge in [0.25, 0.3) is 0 Å². The van der Waals surface area contributed by atoms with Gasteiger partial charge in [0.15, 0.2) is 11.5 Å². The van der Waals surface area contributed by atoms with E-state index >= 15 is 0 Å². The molecule has 1 fully saturated rings. The van der Waals surface area contributed by atoms with E-state index in [0.29, 0.717) is 5.95 Å². The van der Waals surface area contributed by atoms with Crippen LogP contribution in [0.3, 0.4) is 0 Å². The van der Waals surface area contributed by atoms with Crippen molar-refractivity contribution in [1.29, 1.82) is 0 Å². The zero-order chi connectivity index (χ0) is 21.3. The van der Waals surface area contributed by atoms with E-state index < -0.39 is 0 Å². The summed E-state index contributed by atoms with van der Waals surface area (Å²) < 4.78 is 17.4. The second-order valence-electron chi connectivity index (χ2n) is 7.83. The molecule has 2 aromatic heterocycles. The van der Waals surface area contributed by atoms with E-state index in [9.17, 15) is 0 Å². The number of anilines is 2. The van der Waals surface area contributed by atoms with Crippen molar-refractivity contribution in [3.63, 3.8) is 0 Å². The first-order valence-electron chi connectivity index (χ1n) is 10.6. The molecule has 0 atom stereocenters. The Labute approximate surface area is 189 Å². The van der Waals surface area contributed by atoms with Crippen LogP contribution in [0.25, 0.3) is 21.3 Å². The minimum atomic E-state index is 0.268. The lowest BCUT2D eigenvalue weighted by molar-refractivity contribution is 0.0342. The molecule has 1 saturated heterocycles. The predicted molar refractivity (Wildman–Crippen MR) is 125 cm³/mol. The van der Waals surface area contributed by atoms with Gasteiger partial charge in [-0.2, -0.15) is 0 Å². The molecule has 0 radical (unpaired) electrons. The second-order valence-corrected chi connectivity index (χ2v) is 8.75. The number of morpholine rings is 1. The van der Waals surface area contributed by atoms with Gasteiger partial charge >= 0.3 is 0 Å². The van der Waals surface area contributed by atoms with E-state index in [2.05, 4.69) is 44.8 Å². The van der Waals surface area contributed by atoms with Crippen LogP contribution in [0.1, 0.15) is 5.56 Å². The Morgan fingerprint density at radius 2 is 1.84 bits per heavy atom. The van der Waals surface area contributed by atoms with Gasteiger partial charge in [-0.1, -0.05) is 18.2 Å². The van der Waals surface area contributed by atoms with E-state index in [1.807, 2.05) is 24.4 Å². The summed E-state index contributed by atoms with van der Waals surface area (Å²) in [5.41, 5.74) is 5.30. The standard InChI is InChI=1S/C24H22N4O3S/c1-4-18(5-2-16(1)13-28-7-9-29-10-8-28)26-24-25-12-22-23(27-24)19(14-32-22)17-3-6-20-21(11-17)31-15-30-20/h1-6,11-12,14H,7-10,13,15H2,(H,25,26,27). The Morgan fingerprint density at radius 3 is 2.72 bits per heavy atom. The molecule has 4 heterocycles. The van der Waals surface area contributed by atoms with Crippen molar-refractivity contribution >= 4 is 33.2 Å². The average molecular weight is 447 g/mol. The second kappa shape index (κ2) is 8.38. The maximum absolute atomic E-state index is 5.54. The number of aromatic nitrogens is 2. The van der Waals surface area contributed by atoms with E-state index in [0.717, 1.165) is 71.4 Å². The van der Waals surface area contributed by atoms with E-state index in [1.54, 1.807) is 11.3 Å². The summed E-state index contributed by atoms with van der Waals surface area (Å²) in [7, 11) is 0. The minimum absolute atomic E-state index is 0.268. The van der Waals surface area contributed by atoms with Gasteiger partial charge in [-0.05, 0) is 35.4 Å². The number of rotatable bonds is 5. The van der Waals surface area contributed by atoms with Crippen LogP contribution >= 0.6 is 11.3 Å². The maximum atomic E-state index is 5.54. The number of nitrogens with one attached hydrogen (secondary N) is 1. The van der Waals surface area contributed by atoms with Gasteiger partial charge in [0.1, 0.15) is 0 Å². The van der Waals surface area contributed by atoms with Gasteiger partial charge in [0.2, 0.25) is 12.7 Å². The predicted octanol–water partition coefficient (Wildman–Crippen LogP) is 4.66. The number of thiophene rings is 1. The third-order valence-electron chi connectivity index (χ3n) is 5.72. The Morgan fingerprint density at radius 1 is 1.00 bits per heavy atom. The first-order valence-corrected chi connectivity index (χ1v) is 11.5. The third-order valence-corrected chi connectivity index (χ3v) is 6.62. The lowest BCUT2D eigenvalue weighted by atomic mass is 10.1. The van der Waals surface area contributed by atoms with Crippen molar-refractivity contribution in [3.05, 3.63) is 59.6 Å². The molecule has 6 rings (SSSR count). The Hall–Kier alpha value is -3.20.